The molecule has 1 aromatic rings. The second kappa shape index (κ2) is 5.52. The van der Waals surface area contributed by atoms with Crippen LogP contribution in [0.25, 0.3) is 0 Å². The molecule has 0 spiro atoms. The molecule has 94 valence electrons. The molecule has 1 aliphatic rings. The summed E-state index contributed by atoms with van der Waals surface area (Å²) in [7, 11) is 0. The van der Waals surface area contributed by atoms with Gasteiger partial charge in [0.1, 0.15) is 5.75 Å². The van der Waals surface area contributed by atoms with Crippen LogP contribution in [0.1, 0.15) is 12.5 Å². The van der Waals surface area contributed by atoms with E-state index in [0.29, 0.717) is 17.9 Å². The second-order valence-electron chi connectivity index (χ2n) is 4.25. The van der Waals surface area contributed by atoms with Crippen molar-refractivity contribution in [2.45, 2.75) is 13.0 Å². The number of carbonyl (C=O) groups is 1. The van der Waals surface area contributed by atoms with Crippen LogP contribution in [0, 0.1) is 11.3 Å². The molecule has 0 bridgehead atoms. The first-order valence-electron chi connectivity index (χ1n) is 5.90. The third kappa shape index (κ3) is 2.79. The lowest BCUT2D eigenvalue weighted by molar-refractivity contribution is 0.124. The quantitative estimate of drug-likeness (QED) is 0.811. The molecule has 1 heterocycles. The maximum absolute atomic E-state index is 11.9. The molecule has 1 atom stereocenters. The third-order valence-electron chi connectivity index (χ3n) is 2.92. The molecule has 1 fully saturated rings. The molecule has 2 rings (SSSR count). The van der Waals surface area contributed by atoms with Gasteiger partial charge in [0.05, 0.1) is 11.6 Å². The lowest BCUT2D eigenvalue weighted by Crippen LogP contribution is -2.53. The largest absolute Gasteiger partial charge is 0.415 e. The van der Waals surface area contributed by atoms with Crippen molar-refractivity contribution in [3.63, 3.8) is 0 Å². The van der Waals surface area contributed by atoms with Crippen LogP contribution in [0.5, 0.6) is 5.75 Å². The minimum Gasteiger partial charge on any atom is -0.410 e. The van der Waals surface area contributed by atoms with Gasteiger partial charge in [-0.25, -0.2) is 4.79 Å². The first-order chi connectivity index (χ1) is 8.70. The van der Waals surface area contributed by atoms with Gasteiger partial charge in [-0.05, 0) is 31.2 Å². The van der Waals surface area contributed by atoms with Crippen molar-refractivity contribution in [2.24, 2.45) is 0 Å². The van der Waals surface area contributed by atoms with Gasteiger partial charge in [-0.15, -0.1) is 0 Å². The SMILES string of the molecule is CC1CNCCN1C(=O)Oc1ccc(C#N)cc1. The summed E-state index contributed by atoms with van der Waals surface area (Å²) in [6, 6.07) is 8.66. The Morgan fingerprint density at radius 1 is 1.50 bits per heavy atom. The number of nitrogens with zero attached hydrogens (tertiary/aromatic N) is 2. The van der Waals surface area contributed by atoms with Crippen LogP contribution >= 0.6 is 0 Å². The average Bonchev–Trinajstić information content (AvgIpc) is 2.40. The number of hydrogen-bond donors (Lipinski definition) is 1. The Balaban J connectivity index is 1.99. The summed E-state index contributed by atoms with van der Waals surface area (Å²) in [5, 5.41) is 11.9. The lowest BCUT2D eigenvalue weighted by atomic mass is 10.2. The number of nitriles is 1. The lowest BCUT2D eigenvalue weighted by Gasteiger charge is -2.32. The van der Waals surface area contributed by atoms with Crippen molar-refractivity contribution in [3.05, 3.63) is 29.8 Å². The number of piperazine rings is 1. The normalized spacial score (nSPS) is 19.1. The fraction of sp³-hybridized carbons (Fsp3) is 0.385. The zero-order valence-electron chi connectivity index (χ0n) is 10.2. The molecule has 0 radical (unpaired) electrons. The van der Waals surface area contributed by atoms with E-state index in [2.05, 4.69) is 5.32 Å². The summed E-state index contributed by atoms with van der Waals surface area (Å²) in [6.07, 6.45) is -0.339. The standard InChI is InChI=1S/C13H15N3O2/c1-10-9-15-6-7-16(10)13(17)18-12-4-2-11(8-14)3-5-12/h2-5,10,15H,6-7,9H2,1H3. The number of nitrogens with one attached hydrogen (secondary N) is 1. The summed E-state index contributed by atoms with van der Waals surface area (Å²) in [4.78, 5) is 13.6. The summed E-state index contributed by atoms with van der Waals surface area (Å²) in [5.41, 5.74) is 0.547. The van der Waals surface area contributed by atoms with Crippen molar-refractivity contribution in [1.29, 1.82) is 5.26 Å². The first-order valence-corrected chi connectivity index (χ1v) is 5.90. The van der Waals surface area contributed by atoms with Crippen LogP contribution in [0.2, 0.25) is 0 Å². The van der Waals surface area contributed by atoms with Crippen LogP contribution in [0.15, 0.2) is 24.3 Å². The third-order valence-corrected chi connectivity index (χ3v) is 2.92. The van der Waals surface area contributed by atoms with Gasteiger partial charge >= 0.3 is 6.09 Å². The number of ether oxygens (including phenoxy) is 1. The molecular formula is C13H15N3O2. The van der Waals surface area contributed by atoms with Crippen LogP contribution in [0.3, 0.4) is 0 Å². The predicted molar refractivity (Wildman–Crippen MR) is 66.2 cm³/mol. The van der Waals surface area contributed by atoms with Crippen molar-refractivity contribution in [2.75, 3.05) is 19.6 Å². The van der Waals surface area contributed by atoms with Crippen LogP contribution in [0.4, 0.5) is 4.79 Å². The topological polar surface area (TPSA) is 65.4 Å². The van der Waals surface area contributed by atoms with Gasteiger partial charge in [-0.2, -0.15) is 5.26 Å². The molecule has 0 aliphatic carbocycles. The Bertz CT molecular complexity index is 464. The highest BCUT2D eigenvalue weighted by Crippen LogP contribution is 2.14. The molecule has 1 amide bonds. The molecule has 1 unspecified atom stereocenters. The van der Waals surface area contributed by atoms with E-state index in [9.17, 15) is 4.79 Å². The van der Waals surface area contributed by atoms with Crippen molar-refractivity contribution in [1.82, 2.24) is 10.2 Å². The molecular weight excluding hydrogens is 230 g/mol. The Morgan fingerprint density at radius 2 is 2.22 bits per heavy atom. The fourth-order valence-electron chi connectivity index (χ4n) is 1.87. The molecule has 1 aromatic carbocycles. The summed E-state index contributed by atoms with van der Waals surface area (Å²) >= 11 is 0. The van der Waals surface area contributed by atoms with E-state index in [-0.39, 0.29) is 12.1 Å². The highest BCUT2D eigenvalue weighted by atomic mass is 16.6. The number of benzene rings is 1. The van der Waals surface area contributed by atoms with Crippen molar-refractivity contribution >= 4 is 6.09 Å². The van der Waals surface area contributed by atoms with Gasteiger partial charge in [0.15, 0.2) is 0 Å². The van der Waals surface area contributed by atoms with Gasteiger partial charge in [0.2, 0.25) is 0 Å². The Morgan fingerprint density at radius 3 is 2.83 bits per heavy atom. The summed E-state index contributed by atoms with van der Waals surface area (Å²) < 4.78 is 5.27. The molecule has 1 saturated heterocycles. The zero-order valence-corrected chi connectivity index (χ0v) is 10.2. The average molecular weight is 245 g/mol. The minimum atomic E-state index is -0.339. The van der Waals surface area contributed by atoms with E-state index in [4.69, 9.17) is 10.00 Å². The number of amides is 1. The smallest absolute Gasteiger partial charge is 0.410 e. The monoisotopic (exact) mass is 245 g/mol. The number of carbonyl (C=O) groups excluding carboxylic acids is 1. The Kier molecular flexibility index (Phi) is 3.80. The Labute approximate surface area is 106 Å². The number of rotatable bonds is 1. The summed E-state index contributed by atoms with van der Waals surface area (Å²) in [5.74, 6) is 0.463. The number of hydrogen-bond acceptors (Lipinski definition) is 4. The van der Waals surface area contributed by atoms with Gasteiger partial charge in [-0.3, -0.25) is 0 Å². The van der Waals surface area contributed by atoms with E-state index < -0.39 is 0 Å². The van der Waals surface area contributed by atoms with Crippen molar-refractivity contribution < 1.29 is 9.53 Å². The molecule has 1 N–H and O–H groups in total. The van der Waals surface area contributed by atoms with E-state index in [1.54, 1.807) is 29.2 Å². The molecule has 0 aromatic heterocycles. The highest BCUT2D eigenvalue weighted by Gasteiger charge is 2.24. The van der Waals surface area contributed by atoms with Crippen LogP contribution < -0.4 is 10.1 Å². The fourth-order valence-corrected chi connectivity index (χ4v) is 1.87. The van der Waals surface area contributed by atoms with Gasteiger partial charge in [0.25, 0.3) is 0 Å². The molecule has 5 nitrogen and oxygen atoms in total. The van der Waals surface area contributed by atoms with Gasteiger partial charge in [-0.1, -0.05) is 0 Å². The predicted octanol–water partition coefficient (Wildman–Crippen LogP) is 1.35. The van der Waals surface area contributed by atoms with E-state index in [0.717, 1.165) is 13.1 Å². The zero-order chi connectivity index (χ0) is 13.0. The molecule has 5 heteroatoms. The van der Waals surface area contributed by atoms with Crippen LogP contribution in [-0.4, -0.2) is 36.7 Å². The van der Waals surface area contributed by atoms with E-state index in [1.807, 2.05) is 13.0 Å². The molecule has 1 aliphatic heterocycles. The minimum absolute atomic E-state index is 0.129. The highest BCUT2D eigenvalue weighted by molar-refractivity contribution is 5.71. The van der Waals surface area contributed by atoms with Crippen LogP contribution in [-0.2, 0) is 0 Å². The molecule has 18 heavy (non-hydrogen) atoms. The maximum atomic E-state index is 11.9. The van der Waals surface area contributed by atoms with Crippen molar-refractivity contribution in [3.8, 4) is 11.8 Å². The van der Waals surface area contributed by atoms with E-state index in [1.165, 1.54) is 0 Å². The Hall–Kier alpha value is -2.06. The first kappa shape index (κ1) is 12.4. The van der Waals surface area contributed by atoms with Gasteiger partial charge in [0, 0.05) is 25.7 Å². The van der Waals surface area contributed by atoms with E-state index >= 15 is 0 Å². The second-order valence-corrected chi connectivity index (χ2v) is 4.25. The maximum Gasteiger partial charge on any atom is 0.415 e. The van der Waals surface area contributed by atoms with Gasteiger partial charge < -0.3 is 15.0 Å². The molecule has 0 saturated carbocycles. The summed E-state index contributed by atoms with van der Waals surface area (Å²) in [6.45, 7) is 4.19.